The molecule has 0 heterocycles. The van der Waals surface area contributed by atoms with Crippen LogP contribution in [0.2, 0.25) is 0 Å². The number of rotatable bonds is 12. The number of halogens is 2. The van der Waals surface area contributed by atoms with E-state index in [4.69, 9.17) is 0 Å². The average Bonchev–Trinajstić information content (AvgIpc) is 2.68. The molecule has 0 atom stereocenters. The molecule has 2 heteroatoms. The van der Waals surface area contributed by atoms with Crippen LogP contribution in [0.15, 0.2) is 21.1 Å². The Hall–Kier alpha value is 0.180. The molecule has 0 aromatic heterocycles. The predicted molar refractivity (Wildman–Crippen MR) is 129 cm³/mol. The van der Waals surface area contributed by atoms with E-state index in [0.29, 0.717) is 0 Å². The smallest absolute Gasteiger partial charge is 0.0210 e. The molecule has 0 saturated carbocycles. The fraction of sp³-hybridized carbons (Fsp3) is 0.750. The van der Waals surface area contributed by atoms with Crippen molar-refractivity contribution in [3.63, 3.8) is 0 Å². The van der Waals surface area contributed by atoms with E-state index in [2.05, 4.69) is 57.8 Å². The summed E-state index contributed by atoms with van der Waals surface area (Å²) in [6.45, 7) is 12.5. The molecule has 0 aliphatic heterocycles. The van der Waals surface area contributed by atoms with Crippen LogP contribution in [0.4, 0.5) is 0 Å². The molecule has 0 fully saturated rings. The number of unbranched alkanes of at least 4 members (excludes halogenated alkanes) is 8. The van der Waals surface area contributed by atoms with E-state index in [1.54, 1.807) is 0 Å². The lowest BCUT2D eigenvalue weighted by atomic mass is 10.0. The molecule has 0 saturated heterocycles. The van der Waals surface area contributed by atoms with E-state index in [9.17, 15) is 0 Å². The molecule has 0 bridgehead atoms. The highest BCUT2D eigenvalue weighted by Gasteiger charge is 2.07. The van der Waals surface area contributed by atoms with Gasteiger partial charge in [0.05, 0.1) is 0 Å². The summed E-state index contributed by atoms with van der Waals surface area (Å²) in [4.78, 5) is 0. The van der Waals surface area contributed by atoms with Crippen LogP contribution in [0, 0.1) is 0 Å². The number of hydrogen-bond acceptors (Lipinski definition) is 0. The largest absolute Gasteiger partial charge is 0.0683 e. The topological polar surface area (TPSA) is 0 Å². The summed E-state index contributed by atoms with van der Waals surface area (Å²) in [6.07, 6.45) is 15.9. The molecule has 0 aliphatic rings. The molecule has 0 spiro atoms. The van der Waals surface area contributed by atoms with Gasteiger partial charge >= 0.3 is 0 Å². The van der Waals surface area contributed by atoms with Crippen molar-refractivity contribution >= 4 is 31.9 Å². The van der Waals surface area contributed by atoms with Crippen LogP contribution in [0.5, 0.6) is 0 Å². The van der Waals surface area contributed by atoms with Crippen molar-refractivity contribution in [1.29, 1.82) is 0 Å². The number of aryl methyl sites for hydroxylation is 2. The molecule has 0 aliphatic carbocycles. The summed E-state index contributed by atoms with van der Waals surface area (Å²) in [5, 5.41) is 0. The minimum atomic E-state index is 1.19. The first-order valence-corrected chi connectivity index (χ1v) is 12.7. The third kappa shape index (κ3) is 14.3. The Morgan fingerprint density at radius 2 is 0.846 bits per heavy atom. The minimum Gasteiger partial charge on any atom is -0.0683 e. The Labute approximate surface area is 182 Å². The first-order chi connectivity index (χ1) is 12.7. The molecule has 26 heavy (non-hydrogen) atoms. The van der Waals surface area contributed by atoms with Gasteiger partial charge in [-0.1, -0.05) is 125 Å². The van der Waals surface area contributed by atoms with Crippen molar-refractivity contribution in [2.75, 3.05) is 0 Å². The lowest BCUT2D eigenvalue weighted by Gasteiger charge is -2.11. The van der Waals surface area contributed by atoms with Gasteiger partial charge in [-0.3, -0.25) is 0 Å². The molecule has 1 aromatic rings. The Balaban J connectivity index is 0. The van der Waals surface area contributed by atoms with Crippen molar-refractivity contribution in [1.82, 2.24) is 0 Å². The molecule has 1 aromatic carbocycles. The second-order valence-corrected chi connectivity index (χ2v) is 8.07. The number of benzene rings is 1. The Kier molecular flexibility index (Phi) is 23.5. The van der Waals surface area contributed by atoms with Gasteiger partial charge in [0.25, 0.3) is 0 Å². The average molecular weight is 492 g/mol. The van der Waals surface area contributed by atoms with Crippen LogP contribution in [-0.4, -0.2) is 0 Å². The summed E-state index contributed by atoms with van der Waals surface area (Å²) in [7, 11) is 0. The molecule has 154 valence electrons. The maximum atomic E-state index is 3.78. The summed E-state index contributed by atoms with van der Waals surface area (Å²) < 4.78 is 2.60. The van der Waals surface area contributed by atoms with Gasteiger partial charge in [0, 0.05) is 8.95 Å². The monoisotopic (exact) mass is 490 g/mol. The maximum absolute atomic E-state index is 3.78. The van der Waals surface area contributed by atoms with E-state index >= 15 is 0 Å². The summed E-state index contributed by atoms with van der Waals surface area (Å²) in [5.74, 6) is 0. The van der Waals surface area contributed by atoms with Gasteiger partial charge in [-0.25, -0.2) is 0 Å². The van der Waals surface area contributed by atoms with Crippen molar-refractivity contribution in [3.8, 4) is 0 Å². The summed E-state index contributed by atoms with van der Waals surface area (Å²) in [6, 6.07) is 4.68. The van der Waals surface area contributed by atoms with Crippen molar-refractivity contribution in [2.45, 2.75) is 119 Å². The predicted octanol–water partition coefficient (Wildman–Crippen LogP) is 10.3. The van der Waals surface area contributed by atoms with E-state index in [0.717, 1.165) is 0 Å². The quantitative estimate of drug-likeness (QED) is 0.255. The number of hydrogen-bond donors (Lipinski definition) is 0. The van der Waals surface area contributed by atoms with Crippen LogP contribution >= 0.6 is 31.9 Å². The van der Waals surface area contributed by atoms with Crippen molar-refractivity contribution < 1.29 is 0 Å². The van der Waals surface area contributed by atoms with E-state index < -0.39 is 0 Å². The molecule has 0 radical (unpaired) electrons. The normalized spacial score (nSPS) is 9.85. The van der Waals surface area contributed by atoms with Crippen LogP contribution in [-0.2, 0) is 12.8 Å². The summed E-state index contributed by atoms with van der Waals surface area (Å²) >= 11 is 7.55. The van der Waals surface area contributed by atoms with Gasteiger partial charge < -0.3 is 0 Å². The van der Waals surface area contributed by atoms with Crippen molar-refractivity contribution in [3.05, 3.63) is 32.2 Å². The Bertz CT molecular complexity index is 373. The first kappa shape index (κ1) is 28.4. The SMILES string of the molecule is CC.CC.CCCCCCCc1cc(Br)c(CCCCCCC)cc1Br. The van der Waals surface area contributed by atoms with Crippen LogP contribution in [0.1, 0.15) is 117 Å². The zero-order valence-corrected chi connectivity index (χ0v) is 21.6. The lowest BCUT2D eigenvalue weighted by Crippen LogP contribution is -1.94. The first-order valence-electron chi connectivity index (χ1n) is 11.2. The van der Waals surface area contributed by atoms with Crippen LogP contribution in [0.25, 0.3) is 0 Å². The molecule has 0 N–H and O–H groups in total. The second kappa shape index (κ2) is 21.5. The van der Waals surface area contributed by atoms with E-state index in [1.165, 1.54) is 97.1 Å². The molecule has 0 amide bonds. The highest BCUT2D eigenvalue weighted by Crippen LogP contribution is 2.28. The third-order valence-corrected chi connectivity index (χ3v) is 5.79. The van der Waals surface area contributed by atoms with Crippen molar-refractivity contribution in [2.24, 2.45) is 0 Å². The van der Waals surface area contributed by atoms with Gasteiger partial charge in [-0.15, -0.1) is 0 Å². The van der Waals surface area contributed by atoms with Gasteiger partial charge in [-0.05, 0) is 48.9 Å². The van der Waals surface area contributed by atoms with E-state index in [1.807, 2.05) is 27.7 Å². The van der Waals surface area contributed by atoms with Gasteiger partial charge in [0.2, 0.25) is 0 Å². The fourth-order valence-corrected chi connectivity index (χ4v) is 4.03. The highest BCUT2D eigenvalue weighted by molar-refractivity contribution is 9.11. The van der Waals surface area contributed by atoms with E-state index in [-0.39, 0.29) is 0 Å². The third-order valence-electron chi connectivity index (χ3n) is 4.31. The lowest BCUT2D eigenvalue weighted by molar-refractivity contribution is 0.629. The Morgan fingerprint density at radius 3 is 1.15 bits per heavy atom. The van der Waals surface area contributed by atoms with Crippen LogP contribution in [0.3, 0.4) is 0 Å². The maximum Gasteiger partial charge on any atom is 0.0210 e. The van der Waals surface area contributed by atoms with Gasteiger partial charge in [0.15, 0.2) is 0 Å². The molecular weight excluding hydrogens is 448 g/mol. The second-order valence-electron chi connectivity index (χ2n) is 6.36. The van der Waals surface area contributed by atoms with Crippen LogP contribution < -0.4 is 0 Å². The molecule has 0 nitrogen and oxygen atoms in total. The molecule has 1 rings (SSSR count). The van der Waals surface area contributed by atoms with Gasteiger partial charge in [0.1, 0.15) is 0 Å². The highest BCUT2D eigenvalue weighted by atomic mass is 79.9. The fourth-order valence-electron chi connectivity index (χ4n) is 2.85. The molecular formula is C24H44Br2. The Morgan fingerprint density at radius 1 is 0.538 bits per heavy atom. The molecule has 0 unspecified atom stereocenters. The summed E-state index contributed by atoms with van der Waals surface area (Å²) in [5.41, 5.74) is 2.91. The van der Waals surface area contributed by atoms with Gasteiger partial charge in [-0.2, -0.15) is 0 Å². The standard InChI is InChI=1S/C20H32Br2.2C2H6/c1-3-5-7-9-11-13-17-15-20(22)18(16-19(17)21)14-12-10-8-6-4-2;2*1-2/h15-16H,3-14H2,1-2H3;2*1-2H3. The zero-order valence-electron chi connectivity index (χ0n) is 18.4. The zero-order chi connectivity index (χ0) is 20.2. The minimum absolute atomic E-state index is 1.19.